The number of nitrogens with one attached hydrogen (secondary N) is 1. The van der Waals surface area contributed by atoms with E-state index in [0.29, 0.717) is 12.6 Å². The molecule has 0 amide bonds. The molecular weight excluding hydrogens is 437 g/mol. The molecule has 2 aromatic carbocycles. The Kier molecular flexibility index (Phi) is 8.65. The maximum absolute atomic E-state index is 5.76. The van der Waals surface area contributed by atoms with Crippen molar-refractivity contribution in [1.82, 2.24) is 10.2 Å². The number of fused-ring (bicyclic) bond motifs is 1. The van der Waals surface area contributed by atoms with Gasteiger partial charge in [0.05, 0.1) is 12.6 Å². The van der Waals surface area contributed by atoms with Crippen LogP contribution < -0.4 is 5.32 Å². The monoisotopic (exact) mass is 467 g/mol. The fourth-order valence-electron chi connectivity index (χ4n) is 3.49. The average Bonchev–Trinajstić information content (AvgIpc) is 2.66. The standard InChI is InChI=1S/C21H29N3O.HI/c1-3-22-21(24-14-12-19(13-15-24)25-4-2)23-16-18-10-7-9-17-8-5-6-11-20(17)18;/h5-11,19H,3-4,12-16H2,1-2H3,(H,22,23);1H. The Morgan fingerprint density at radius 2 is 1.85 bits per heavy atom. The maximum atomic E-state index is 5.76. The van der Waals surface area contributed by atoms with Gasteiger partial charge in [-0.05, 0) is 43.0 Å². The van der Waals surface area contributed by atoms with Gasteiger partial charge in [-0.15, -0.1) is 24.0 Å². The minimum atomic E-state index is 0. The van der Waals surface area contributed by atoms with Crippen LogP contribution in [0, 0.1) is 0 Å². The number of hydrogen-bond donors (Lipinski definition) is 1. The molecule has 2 aromatic rings. The molecule has 1 fully saturated rings. The number of rotatable bonds is 5. The van der Waals surface area contributed by atoms with Gasteiger partial charge in [-0.25, -0.2) is 4.99 Å². The van der Waals surface area contributed by atoms with Gasteiger partial charge in [0.15, 0.2) is 5.96 Å². The van der Waals surface area contributed by atoms with Crippen molar-refractivity contribution in [2.45, 2.75) is 39.3 Å². The first-order valence-electron chi connectivity index (χ1n) is 9.43. The van der Waals surface area contributed by atoms with Gasteiger partial charge in [0.25, 0.3) is 0 Å². The summed E-state index contributed by atoms with van der Waals surface area (Å²) in [5.41, 5.74) is 1.28. The van der Waals surface area contributed by atoms with Crippen LogP contribution in [0.1, 0.15) is 32.3 Å². The number of piperidine rings is 1. The number of benzene rings is 2. The SMILES string of the molecule is CCNC(=NCc1cccc2ccccc12)N1CCC(OCC)CC1.I. The van der Waals surface area contributed by atoms with Crippen LogP contribution in [0.2, 0.25) is 0 Å². The van der Waals surface area contributed by atoms with Crippen molar-refractivity contribution in [3.8, 4) is 0 Å². The Bertz CT molecular complexity index is 706. The van der Waals surface area contributed by atoms with E-state index in [4.69, 9.17) is 9.73 Å². The molecule has 0 bridgehead atoms. The second-order valence-electron chi connectivity index (χ2n) is 6.45. The summed E-state index contributed by atoms with van der Waals surface area (Å²) >= 11 is 0. The third-order valence-corrected chi connectivity index (χ3v) is 4.76. The highest BCUT2D eigenvalue weighted by atomic mass is 127. The molecule has 0 aliphatic carbocycles. The van der Waals surface area contributed by atoms with Gasteiger partial charge >= 0.3 is 0 Å². The van der Waals surface area contributed by atoms with E-state index < -0.39 is 0 Å². The lowest BCUT2D eigenvalue weighted by Gasteiger charge is -2.34. The van der Waals surface area contributed by atoms with Crippen molar-refractivity contribution < 1.29 is 4.74 Å². The molecule has 1 aliphatic heterocycles. The van der Waals surface area contributed by atoms with E-state index in [2.05, 4.69) is 66.5 Å². The molecular formula is C21H30IN3O. The van der Waals surface area contributed by atoms with Crippen molar-refractivity contribution in [3.63, 3.8) is 0 Å². The van der Waals surface area contributed by atoms with Gasteiger partial charge < -0.3 is 15.0 Å². The molecule has 0 aromatic heterocycles. The van der Waals surface area contributed by atoms with Crippen molar-refractivity contribution in [3.05, 3.63) is 48.0 Å². The molecule has 3 rings (SSSR count). The number of nitrogens with zero attached hydrogens (tertiary/aromatic N) is 2. The number of halogens is 1. The third-order valence-electron chi connectivity index (χ3n) is 4.76. The molecule has 1 saturated heterocycles. The van der Waals surface area contributed by atoms with Crippen LogP contribution in [0.5, 0.6) is 0 Å². The highest BCUT2D eigenvalue weighted by Crippen LogP contribution is 2.20. The lowest BCUT2D eigenvalue weighted by Crippen LogP contribution is -2.47. The molecule has 142 valence electrons. The highest BCUT2D eigenvalue weighted by Gasteiger charge is 2.21. The average molecular weight is 467 g/mol. The lowest BCUT2D eigenvalue weighted by atomic mass is 10.0. The molecule has 0 spiro atoms. The zero-order chi connectivity index (χ0) is 17.5. The van der Waals surface area contributed by atoms with Crippen LogP contribution in [0.25, 0.3) is 10.8 Å². The van der Waals surface area contributed by atoms with Gasteiger partial charge in [0.2, 0.25) is 0 Å². The van der Waals surface area contributed by atoms with Crippen LogP contribution >= 0.6 is 24.0 Å². The predicted molar refractivity (Wildman–Crippen MR) is 120 cm³/mol. The Hall–Kier alpha value is -1.34. The van der Waals surface area contributed by atoms with Crippen LogP contribution in [-0.2, 0) is 11.3 Å². The minimum absolute atomic E-state index is 0. The first kappa shape index (κ1) is 21.0. The Labute approximate surface area is 174 Å². The first-order chi connectivity index (χ1) is 12.3. The number of hydrogen-bond acceptors (Lipinski definition) is 2. The number of ether oxygens (including phenoxy) is 1. The Balaban J connectivity index is 0.00000243. The van der Waals surface area contributed by atoms with Gasteiger partial charge in [-0.1, -0.05) is 42.5 Å². The molecule has 1 aliphatic rings. The Morgan fingerprint density at radius 1 is 1.12 bits per heavy atom. The minimum Gasteiger partial charge on any atom is -0.378 e. The van der Waals surface area contributed by atoms with Crippen molar-refractivity contribution in [1.29, 1.82) is 0 Å². The van der Waals surface area contributed by atoms with Crippen LogP contribution in [0.4, 0.5) is 0 Å². The van der Waals surface area contributed by atoms with Gasteiger partial charge in [0.1, 0.15) is 0 Å². The summed E-state index contributed by atoms with van der Waals surface area (Å²) in [6, 6.07) is 15.0. The smallest absolute Gasteiger partial charge is 0.194 e. The largest absolute Gasteiger partial charge is 0.378 e. The van der Waals surface area contributed by atoms with Crippen LogP contribution in [0.15, 0.2) is 47.5 Å². The number of likely N-dealkylation sites (tertiary alicyclic amines) is 1. The second-order valence-corrected chi connectivity index (χ2v) is 6.45. The van der Waals surface area contributed by atoms with E-state index in [1.165, 1.54) is 16.3 Å². The van der Waals surface area contributed by atoms with Crippen molar-refractivity contribution in [2.75, 3.05) is 26.2 Å². The predicted octanol–water partition coefficient (Wildman–Crippen LogP) is 4.42. The molecule has 0 unspecified atom stereocenters. The van der Waals surface area contributed by atoms with Crippen LogP contribution in [0.3, 0.4) is 0 Å². The number of guanidine groups is 1. The van der Waals surface area contributed by atoms with Gasteiger partial charge in [-0.3, -0.25) is 0 Å². The normalized spacial score (nSPS) is 15.8. The van der Waals surface area contributed by atoms with E-state index in [9.17, 15) is 0 Å². The van der Waals surface area contributed by atoms with E-state index in [1.807, 2.05) is 0 Å². The summed E-state index contributed by atoms with van der Waals surface area (Å²) in [7, 11) is 0. The molecule has 5 heteroatoms. The van der Waals surface area contributed by atoms with E-state index in [1.54, 1.807) is 0 Å². The van der Waals surface area contributed by atoms with Gasteiger partial charge in [-0.2, -0.15) is 0 Å². The highest BCUT2D eigenvalue weighted by molar-refractivity contribution is 14.0. The summed E-state index contributed by atoms with van der Waals surface area (Å²) in [6.07, 6.45) is 2.56. The summed E-state index contributed by atoms with van der Waals surface area (Å²) < 4.78 is 5.76. The fraction of sp³-hybridized carbons (Fsp3) is 0.476. The summed E-state index contributed by atoms with van der Waals surface area (Å²) in [4.78, 5) is 7.28. The number of aliphatic imine (C=N–C) groups is 1. The first-order valence-corrected chi connectivity index (χ1v) is 9.43. The fourth-order valence-corrected chi connectivity index (χ4v) is 3.49. The molecule has 0 atom stereocenters. The Morgan fingerprint density at radius 3 is 2.58 bits per heavy atom. The van der Waals surface area contributed by atoms with E-state index >= 15 is 0 Å². The zero-order valence-electron chi connectivity index (χ0n) is 15.8. The van der Waals surface area contributed by atoms with Crippen molar-refractivity contribution in [2.24, 2.45) is 4.99 Å². The van der Waals surface area contributed by atoms with E-state index in [0.717, 1.165) is 45.0 Å². The third kappa shape index (κ3) is 5.33. The zero-order valence-corrected chi connectivity index (χ0v) is 18.1. The summed E-state index contributed by atoms with van der Waals surface area (Å²) in [5.74, 6) is 1.02. The lowest BCUT2D eigenvalue weighted by molar-refractivity contribution is 0.0263. The summed E-state index contributed by atoms with van der Waals surface area (Å²) in [5, 5.41) is 6.02. The molecule has 26 heavy (non-hydrogen) atoms. The quantitative estimate of drug-likeness (QED) is 0.402. The molecule has 0 radical (unpaired) electrons. The maximum Gasteiger partial charge on any atom is 0.194 e. The molecule has 0 saturated carbocycles. The topological polar surface area (TPSA) is 36.9 Å². The molecule has 1 heterocycles. The van der Waals surface area contributed by atoms with E-state index in [-0.39, 0.29) is 24.0 Å². The molecule has 4 nitrogen and oxygen atoms in total. The van der Waals surface area contributed by atoms with Gasteiger partial charge in [0, 0.05) is 26.2 Å². The second kappa shape index (κ2) is 10.7. The molecule has 1 N–H and O–H groups in total. The van der Waals surface area contributed by atoms with Crippen LogP contribution in [-0.4, -0.2) is 43.2 Å². The summed E-state index contributed by atoms with van der Waals surface area (Å²) in [6.45, 7) is 8.61. The van der Waals surface area contributed by atoms with Crippen molar-refractivity contribution >= 4 is 40.7 Å².